The van der Waals surface area contributed by atoms with Gasteiger partial charge in [0.05, 0.1) is 0 Å². The Hall–Kier alpha value is -2.22. The van der Waals surface area contributed by atoms with Crippen LogP contribution in [-0.4, -0.2) is 9.67 Å². The van der Waals surface area contributed by atoms with Gasteiger partial charge in [-0.15, -0.1) is 0 Å². The molecule has 1 heterocycles. The number of aromatic nitrogens is 1. The van der Waals surface area contributed by atoms with Crippen molar-refractivity contribution in [3.8, 4) is 5.75 Å². The lowest BCUT2D eigenvalue weighted by molar-refractivity contribution is 0.475. The minimum Gasteiger partial charge on any atom is -0.508 e. The van der Waals surface area contributed by atoms with Crippen molar-refractivity contribution in [1.82, 2.24) is 4.57 Å². The van der Waals surface area contributed by atoms with E-state index in [-0.39, 0.29) is 0 Å². The molecule has 2 heteroatoms. The Morgan fingerprint density at radius 3 is 2.47 bits per heavy atom. The first-order chi connectivity index (χ1) is 8.33. The molecule has 2 aromatic carbocycles. The van der Waals surface area contributed by atoms with E-state index in [1.54, 1.807) is 12.1 Å². The minimum atomic E-state index is 0.311. The molecule has 0 saturated heterocycles. The summed E-state index contributed by atoms with van der Waals surface area (Å²) in [5, 5.41) is 10.5. The van der Waals surface area contributed by atoms with E-state index < -0.39 is 0 Å². The van der Waals surface area contributed by atoms with Gasteiger partial charge >= 0.3 is 0 Å². The van der Waals surface area contributed by atoms with Crippen LogP contribution in [0.1, 0.15) is 5.56 Å². The molecule has 17 heavy (non-hydrogen) atoms. The van der Waals surface area contributed by atoms with Crippen LogP contribution < -0.4 is 0 Å². The van der Waals surface area contributed by atoms with Gasteiger partial charge in [0, 0.05) is 18.3 Å². The monoisotopic (exact) mass is 223 g/mol. The fourth-order valence-corrected chi connectivity index (χ4v) is 2.08. The Bertz CT molecular complexity index is 637. The Morgan fingerprint density at radius 1 is 0.882 bits per heavy atom. The first-order valence-electron chi connectivity index (χ1n) is 5.65. The average molecular weight is 223 g/mol. The SMILES string of the molecule is Oc1ccc(Cn2ccc3ccccc32)cc1. The van der Waals surface area contributed by atoms with Crippen molar-refractivity contribution in [2.75, 3.05) is 0 Å². The summed E-state index contributed by atoms with van der Waals surface area (Å²) in [6.07, 6.45) is 2.09. The Morgan fingerprint density at radius 2 is 1.65 bits per heavy atom. The number of phenolic OH excluding ortho intramolecular Hbond substituents is 1. The third-order valence-corrected chi connectivity index (χ3v) is 2.97. The van der Waals surface area contributed by atoms with Gasteiger partial charge in [-0.1, -0.05) is 30.3 Å². The van der Waals surface area contributed by atoms with E-state index in [0.717, 1.165) is 6.54 Å². The second-order valence-electron chi connectivity index (χ2n) is 4.17. The molecule has 0 radical (unpaired) electrons. The highest BCUT2D eigenvalue weighted by molar-refractivity contribution is 5.80. The van der Waals surface area contributed by atoms with Crippen LogP contribution in [0.3, 0.4) is 0 Å². The predicted molar refractivity (Wildman–Crippen MR) is 69.1 cm³/mol. The molecule has 0 aliphatic heterocycles. The van der Waals surface area contributed by atoms with Crippen LogP contribution in [0.4, 0.5) is 0 Å². The summed E-state index contributed by atoms with van der Waals surface area (Å²) >= 11 is 0. The highest BCUT2D eigenvalue weighted by atomic mass is 16.3. The molecule has 2 nitrogen and oxygen atoms in total. The first-order valence-corrected chi connectivity index (χ1v) is 5.65. The Labute approximate surface area is 99.7 Å². The number of phenols is 1. The van der Waals surface area contributed by atoms with E-state index in [1.165, 1.54) is 16.5 Å². The quantitative estimate of drug-likeness (QED) is 0.707. The summed E-state index contributed by atoms with van der Waals surface area (Å²) in [6, 6.07) is 17.8. The summed E-state index contributed by atoms with van der Waals surface area (Å²) < 4.78 is 2.21. The molecule has 1 aromatic heterocycles. The van der Waals surface area contributed by atoms with Crippen molar-refractivity contribution < 1.29 is 5.11 Å². The highest BCUT2D eigenvalue weighted by Crippen LogP contribution is 2.17. The first kappa shape index (κ1) is 9.97. The van der Waals surface area contributed by atoms with Crippen molar-refractivity contribution in [3.63, 3.8) is 0 Å². The van der Waals surface area contributed by atoms with Gasteiger partial charge < -0.3 is 9.67 Å². The van der Waals surface area contributed by atoms with Crippen LogP contribution in [0.25, 0.3) is 10.9 Å². The molecule has 0 spiro atoms. The third kappa shape index (κ3) is 1.89. The van der Waals surface area contributed by atoms with Gasteiger partial charge in [0.25, 0.3) is 0 Å². The molecule has 0 fully saturated rings. The normalized spacial score (nSPS) is 10.8. The molecule has 0 unspecified atom stereocenters. The summed E-state index contributed by atoms with van der Waals surface area (Å²) in [6.45, 7) is 0.827. The fraction of sp³-hybridized carbons (Fsp3) is 0.0667. The summed E-state index contributed by atoms with van der Waals surface area (Å²) in [7, 11) is 0. The lowest BCUT2D eigenvalue weighted by Gasteiger charge is -2.05. The van der Waals surface area contributed by atoms with Crippen molar-refractivity contribution in [3.05, 3.63) is 66.4 Å². The van der Waals surface area contributed by atoms with Crippen molar-refractivity contribution in [1.29, 1.82) is 0 Å². The zero-order valence-corrected chi connectivity index (χ0v) is 9.38. The maximum atomic E-state index is 9.25. The molecule has 84 valence electrons. The van der Waals surface area contributed by atoms with Crippen LogP contribution >= 0.6 is 0 Å². The van der Waals surface area contributed by atoms with Gasteiger partial charge in [0.1, 0.15) is 5.75 Å². The Balaban J connectivity index is 1.97. The molecule has 0 saturated carbocycles. The van der Waals surface area contributed by atoms with Crippen LogP contribution in [0.2, 0.25) is 0 Å². The number of nitrogens with zero attached hydrogens (tertiary/aromatic N) is 1. The van der Waals surface area contributed by atoms with Crippen LogP contribution in [0, 0.1) is 0 Å². The summed E-state index contributed by atoms with van der Waals surface area (Å²) in [5.41, 5.74) is 2.42. The van der Waals surface area contributed by atoms with Gasteiger partial charge in [-0.25, -0.2) is 0 Å². The zero-order chi connectivity index (χ0) is 11.7. The van der Waals surface area contributed by atoms with E-state index in [4.69, 9.17) is 0 Å². The van der Waals surface area contributed by atoms with Gasteiger partial charge in [0.15, 0.2) is 0 Å². The lowest BCUT2D eigenvalue weighted by Crippen LogP contribution is -1.97. The number of fused-ring (bicyclic) bond motifs is 1. The molecule has 1 N–H and O–H groups in total. The van der Waals surface area contributed by atoms with Crippen LogP contribution in [0.15, 0.2) is 60.8 Å². The molecule has 0 aliphatic carbocycles. The molecule has 0 aliphatic rings. The largest absolute Gasteiger partial charge is 0.508 e. The molecule has 0 bridgehead atoms. The minimum absolute atomic E-state index is 0.311. The smallest absolute Gasteiger partial charge is 0.115 e. The molecular formula is C15H13NO. The fourth-order valence-electron chi connectivity index (χ4n) is 2.08. The van der Waals surface area contributed by atoms with E-state index in [2.05, 4.69) is 35.0 Å². The number of aromatic hydroxyl groups is 1. The van der Waals surface area contributed by atoms with Crippen molar-refractivity contribution in [2.24, 2.45) is 0 Å². The van der Waals surface area contributed by atoms with E-state index in [0.29, 0.717) is 5.75 Å². The second-order valence-corrected chi connectivity index (χ2v) is 4.17. The molecule has 0 amide bonds. The third-order valence-electron chi connectivity index (χ3n) is 2.97. The van der Waals surface area contributed by atoms with Crippen LogP contribution in [-0.2, 0) is 6.54 Å². The molecule has 3 rings (SSSR count). The van der Waals surface area contributed by atoms with E-state index in [9.17, 15) is 5.11 Å². The Kier molecular flexibility index (Phi) is 2.33. The maximum Gasteiger partial charge on any atom is 0.115 e. The van der Waals surface area contributed by atoms with E-state index in [1.807, 2.05) is 18.2 Å². The van der Waals surface area contributed by atoms with Crippen molar-refractivity contribution in [2.45, 2.75) is 6.54 Å². The number of rotatable bonds is 2. The van der Waals surface area contributed by atoms with Crippen molar-refractivity contribution >= 4 is 10.9 Å². The average Bonchev–Trinajstić information content (AvgIpc) is 2.76. The van der Waals surface area contributed by atoms with Gasteiger partial charge in [-0.05, 0) is 35.2 Å². The lowest BCUT2D eigenvalue weighted by atomic mass is 10.2. The zero-order valence-electron chi connectivity index (χ0n) is 9.38. The van der Waals surface area contributed by atoms with Gasteiger partial charge in [0.2, 0.25) is 0 Å². The topological polar surface area (TPSA) is 25.2 Å². The summed E-state index contributed by atoms with van der Waals surface area (Å²) in [5.74, 6) is 0.311. The second kappa shape index (κ2) is 3.98. The predicted octanol–water partition coefficient (Wildman–Crippen LogP) is 3.40. The number of para-hydroxylation sites is 1. The maximum absolute atomic E-state index is 9.25. The standard InChI is InChI=1S/C15H13NO/c17-14-7-5-12(6-8-14)11-16-10-9-13-3-1-2-4-15(13)16/h1-10,17H,11H2. The number of hydrogen-bond donors (Lipinski definition) is 1. The van der Waals surface area contributed by atoms with Gasteiger partial charge in [-0.3, -0.25) is 0 Å². The van der Waals surface area contributed by atoms with Gasteiger partial charge in [-0.2, -0.15) is 0 Å². The molecule has 3 aromatic rings. The number of hydrogen-bond acceptors (Lipinski definition) is 1. The molecular weight excluding hydrogens is 210 g/mol. The highest BCUT2D eigenvalue weighted by Gasteiger charge is 2.00. The van der Waals surface area contributed by atoms with E-state index >= 15 is 0 Å². The number of benzene rings is 2. The van der Waals surface area contributed by atoms with Crippen LogP contribution in [0.5, 0.6) is 5.75 Å². The molecule has 0 atom stereocenters. The summed E-state index contributed by atoms with van der Waals surface area (Å²) in [4.78, 5) is 0.